The monoisotopic (exact) mass is 283 g/mol. The first-order valence-electron chi connectivity index (χ1n) is 5.65. The van der Waals surface area contributed by atoms with Crippen molar-refractivity contribution in [1.29, 1.82) is 0 Å². The lowest BCUT2D eigenvalue weighted by Gasteiger charge is -2.20. The highest BCUT2D eigenvalue weighted by molar-refractivity contribution is 7.10. The highest BCUT2D eigenvalue weighted by Gasteiger charge is 2.20. The van der Waals surface area contributed by atoms with Crippen LogP contribution < -0.4 is 5.32 Å². The average Bonchev–Trinajstić information content (AvgIpc) is 2.77. The van der Waals surface area contributed by atoms with E-state index >= 15 is 0 Å². The first-order valence-corrected chi connectivity index (χ1v) is 6.53. The van der Waals surface area contributed by atoms with Gasteiger partial charge >= 0.3 is 12.1 Å². The zero-order valence-corrected chi connectivity index (χ0v) is 12.2. The van der Waals surface area contributed by atoms with Gasteiger partial charge in [0, 0.05) is 4.88 Å². The van der Waals surface area contributed by atoms with E-state index in [0.29, 0.717) is 0 Å². The molecular weight excluding hydrogens is 266 g/mol. The van der Waals surface area contributed by atoms with E-state index in [-0.39, 0.29) is 5.70 Å². The van der Waals surface area contributed by atoms with Gasteiger partial charge in [-0.25, -0.2) is 9.59 Å². The van der Waals surface area contributed by atoms with Crippen LogP contribution in [0.25, 0.3) is 6.08 Å². The second kappa shape index (κ2) is 6.38. The number of thiophene rings is 1. The molecule has 0 bridgehead atoms. The molecule has 0 aromatic carbocycles. The highest BCUT2D eigenvalue weighted by Crippen LogP contribution is 2.14. The minimum atomic E-state index is -0.694. The lowest BCUT2D eigenvalue weighted by Crippen LogP contribution is -2.34. The Hall–Kier alpha value is -1.82. The predicted molar refractivity (Wildman–Crippen MR) is 73.7 cm³/mol. The van der Waals surface area contributed by atoms with Crippen molar-refractivity contribution in [3.8, 4) is 0 Å². The number of esters is 1. The number of hydrogen-bond donors (Lipinski definition) is 1. The van der Waals surface area contributed by atoms with Crippen LogP contribution in [-0.4, -0.2) is 24.8 Å². The lowest BCUT2D eigenvalue weighted by atomic mass is 10.2. The largest absolute Gasteiger partial charge is 0.464 e. The summed E-state index contributed by atoms with van der Waals surface area (Å²) >= 11 is 1.44. The number of rotatable bonds is 3. The molecule has 1 aromatic heterocycles. The number of amides is 1. The molecule has 0 saturated carbocycles. The van der Waals surface area contributed by atoms with Gasteiger partial charge in [0.15, 0.2) is 0 Å². The van der Waals surface area contributed by atoms with Gasteiger partial charge in [0.1, 0.15) is 11.3 Å². The molecule has 0 aliphatic rings. The van der Waals surface area contributed by atoms with Crippen molar-refractivity contribution < 1.29 is 19.1 Å². The number of methoxy groups -OCH3 is 1. The number of ether oxygens (including phenoxy) is 2. The molecule has 0 atom stereocenters. The zero-order chi connectivity index (χ0) is 14.5. The van der Waals surface area contributed by atoms with E-state index in [1.165, 1.54) is 18.4 Å². The molecule has 1 rings (SSSR count). The van der Waals surface area contributed by atoms with Crippen LogP contribution in [0.5, 0.6) is 0 Å². The van der Waals surface area contributed by atoms with E-state index < -0.39 is 17.7 Å². The van der Waals surface area contributed by atoms with Crippen LogP contribution in [0, 0.1) is 0 Å². The summed E-state index contributed by atoms with van der Waals surface area (Å²) < 4.78 is 9.71. The van der Waals surface area contributed by atoms with Gasteiger partial charge in [0.2, 0.25) is 0 Å². The molecule has 0 fully saturated rings. The molecule has 1 heterocycles. The molecule has 19 heavy (non-hydrogen) atoms. The minimum absolute atomic E-state index is 0.0409. The minimum Gasteiger partial charge on any atom is -0.464 e. The fraction of sp³-hybridized carbons (Fsp3) is 0.385. The Kier molecular flexibility index (Phi) is 5.11. The number of carbonyl (C=O) groups excluding carboxylic acids is 2. The highest BCUT2D eigenvalue weighted by atomic mass is 32.1. The van der Waals surface area contributed by atoms with Crippen LogP contribution in [0.3, 0.4) is 0 Å². The first-order chi connectivity index (χ1) is 8.81. The summed E-state index contributed by atoms with van der Waals surface area (Å²) in [6, 6.07) is 3.67. The maximum Gasteiger partial charge on any atom is 0.412 e. The third-order valence-electron chi connectivity index (χ3n) is 1.87. The van der Waals surface area contributed by atoms with Gasteiger partial charge in [0.25, 0.3) is 0 Å². The van der Waals surface area contributed by atoms with Crippen LogP contribution in [0.1, 0.15) is 25.6 Å². The topological polar surface area (TPSA) is 64.6 Å². The Morgan fingerprint density at radius 1 is 1.37 bits per heavy atom. The van der Waals surface area contributed by atoms with Crippen molar-refractivity contribution in [2.24, 2.45) is 0 Å². The molecule has 104 valence electrons. The molecule has 0 saturated heterocycles. The molecule has 0 aliphatic heterocycles. The Bertz CT molecular complexity index is 471. The second-order valence-electron chi connectivity index (χ2n) is 4.69. The quantitative estimate of drug-likeness (QED) is 0.684. The predicted octanol–water partition coefficient (Wildman–Crippen LogP) is 2.79. The van der Waals surface area contributed by atoms with Crippen molar-refractivity contribution in [2.45, 2.75) is 26.4 Å². The molecule has 0 spiro atoms. The van der Waals surface area contributed by atoms with Gasteiger partial charge in [0.05, 0.1) is 7.11 Å². The molecule has 1 N–H and O–H groups in total. The smallest absolute Gasteiger partial charge is 0.412 e. The van der Waals surface area contributed by atoms with Crippen LogP contribution in [-0.2, 0) is 14.3 Å². The first kappa shape index (κ1) is 15.2. The Balaban J connectivity index is 2.82. The van der Waals surface area contributed by atoms with Crippen molar-refractivity contribution in [2.75, 3.05) is 7.11 Å². The standard InChI is InChI=1S/C13H17NO4S/c1-13(2,3)18-12(16)14-10(11(15)17-4)8-9-6-5-7-19-9/h5-8H,1-4H3,(H,14,16)/b10-8+. The van der Waals surface area contributed by atoms with E-state index in [4.69, 9.17) is 4.74 Å². The van der Waals surface area contributed by atoms with E-state index in [9.17, 15) is 9.59 Å². The summed E-state index contributed by atoms with van der Waals surface area (Å²) in [5, 5.41) is 4.26. The molecule has 0 aliphatic carbocycles. The van der Waals surface area contributed by atoms with Crippen LogP contribution in [0.15, 0.2) is 23.2 Å². The van der Waals surface area contributed by atoms with Crippen LogP contribution in [0.2, 0.25) is 0 Å². The third kappa shape index (κ3) is 5.56. The van der Waals surface area contributed by atoms with Gasteiger partial charge < -0.3 is 9.47 Å². The normalized spacial score (nSPS) is 11.9. The number of hydrogen-bond acceptors (Lipinski definition) is 5. The summed E-state index contributed by atoms with van der Waals surface area (Å²) in [5.41, 5.74) is -0.590. The fourth-order valence-corrected chi connectivity index (χ4v) is 1.84. The van der Waals surface area contributed by atoms with Gasteiger partial charge in [-0.05, 0) is 38.3 Å². The van der Waals surface area contributed by atoms with Crippen molar-refractivity contribution in [3.05, 3.63) is 28.1 Å². The summed E-state index contributed by atoms with van der Waals surface area (Å²) in [6.07, 6.45) is 0.848. The van der Waals surface area contributed by atoms with Crippen LogP contribution in [0.4, 0.5) is 4.79 Å². The molecule has 1 aromatic rings. The maximum absolute atomic E-state index is 11.6. The number of alkyl carbamates (subject to hydrolysis) is 1. The fourth-order valence-electron chi connectivity index (χ4n) is 1.19. The zero-order valence-electron chi connectivity index (χ0n) is 11.4. The van der Waals surface area contributed by atoms with E-state index in [0.717, 1.165) is 4.88 Å². The lowest BCUT2D eigenvalue weighted by molar-refractivity contribution is -0.136. The van der Waals surface area contributed by atoms with Crippen LogP contribution >= 0.6 is 11.3 Å². The third-order valence-corrected chi connectivity index (χ3v) is 2.69. The van der Waals surface area contributed by atoms with Gasteiger partial charge in [-0.2, -0.15) is 0 Å². The van der Waals surface area contributed by atoms with Crippen molar-refractivity contribution >= 4 is 29.5 Å². The average molecular weight is 283 g/mol. The number of carbonyl (C=O) groups is 2. The summed E-state index contributed by atoms with van der Waals surface area (Å²) in [6.45, 7) is 5.23. The molecule has 0 radical (unpaired) electrons. The van der Waals surface area contributed by atoms with E-state index in [1.54, 1.807) is 26.8 Å². The molecule has 0 unspecified atom stereocenters. The molecule has 1 amide bonds. The van der Waals surface area contributed by atoms with Crippen molar-refractivity contribution in [1.82, 2.24) is 5.32 Å². The van der Waals surface area contributed by atoms with E-state index in [2.05, 4.69) is 10.1 Å². The summed E-state index contributed by atoms with van der Waals surface area (Å²) in [7, 11) is 1.25. The van der Waals surface area contributed by atoms with Crippen molar-refractivity contribution in [3.63, 3.8) is 0 Å². The molecule has 6 heteroatoms. The SMILES string of the molecule is COC(=O)/C(=C\c1cccs1)NC(=O)OC(C)(C)C. The summed E-state index contributed by atoms with van der Waals surface area (Å²) in [4.78, 5) is 24.1. The second-order valence-corrected chi connectivity index (χ2v) is 5.67. The summed E-state index contributed by atoms with van der Waals surface area (Å²) in [5.74, 6) is -0.626. The Morgan fingerprint density at radius 2 is 2.05 bits per heavy atom. The Labute approximate surface area is 116 Å². The van der Waals surface area contributed by atoms with Gasteiger partial charge in [-0.15, -0.1) is 11.3 Å². The molecular formula is C13H17NO4S. The van der Waals surface area contributed by atoms with E-state index in [1.807, 2.05) is 17.5 Å². The molecule has 5 nitrogen and oxygen atoms in total. The Morgan fingerprint density at radius 3 is 2.53 bits per heavy atom. The maximum atomic E-state index is 11.6. The van der Waals surface area contributed by atoms with Gasteiger partial charge in [-0.1, -0.05) is 6.07 Å². The number of nitrogens with one attached hydrogen (secondary N) is 1. The van der Waals surface area contributed by atoms with Gasteiger partial charge in [-0.3, -0.25) is 5.32 Å².